The van der Waals surface area contributed by atoms with E-state index in [4.69, 9.17) is 0 Å². The second-order valence-electron chi connectivity index (χ2n) is 11.6. The third kappa shape index (κ3) is 4.84. The third-order valence-corrected chi connectivity index (χ3v) is 8.92. The quantitative estimate of drug-likeness (QED) is 0.203. The Balaban J connectivity index is 1.36. The van der Waals surface area contributed by atoms with Crippen LogP contribution in [0.15, 0.2) is 164 Å². The van der Waals surface area contributed by atoms with Gasteiger partial charge in [-0.15, -0.1) is 0 Å². The van der Waals surface area contributed by atoms with Gasteiger partial charge in [0.2, 0.25) is 0 Å². The van der Waals surface area contributed by atoms with Crippen LogP contribution in [0.2, 0.25) is 0 Å². The Hall–Kier alpha value is -6.68. The molecule has 0 unspecified atom stereocenters. The first-order chi connectivity index (χ1) is 23.2. The zero-order valence-electron chi connectivity index (χ0n) is 25.4. The molecule has 1 aliphatic rings. The van der Waals surface area contributed by atoms with Crippen LogP contribution in [0, 0.1) is 22.7 Å². The van der Waals surface area contributed by atoms with E-state index >= 15 is 0 Å². The smallest absolute Gasteiger partial charge is 0.101 e. The summed E-state index contributed by atoms with van der Waals surface area (Å²) in [5, 5.41) is 19.2. The van der Waals surface area contributed by atoms with E-state index in [0.717, 1.165) is 56.0 Å². The van der Waals surface area contributed by atoms with Gasteiger partial charge in [0.1, 0.15) is 12.1 Å². The lowest BCUT2D eigenvalue weighted by atomic mass is 9.80. The molecule has 8 rings (SSSR count). The Bertz CT molecular complexity index is 2330. The topological polar surface area (TPSA) is 50.8 Å². The first-order valence-electron chi connectivity index (χ1n) is 15.6. The van der Waals surface area contributed by atoms with E-state index in [0.29, 0.717) is 11.1 Å². The highest BCUT2D eigenvalue weighted by molar-refractivity contribution is 6.04. The Morgan fingerprint density at radius 1 is 0.319 bits per heavy atom. The first-order valence-corrected chi connectivity index (χ1v) is 15.6. The molecule has 0 radical (unpaired) electrons. The summed E-state index contributed by atoms with van der Waals surface area (Å²) >= 11 is 0. The molecule has 0 aliphatic heterocycles. The predicted octanol–water partition coefficient (Wildman–Crippen LogP) is 11.5. The average Bonchev–Trinajstić information content (AvgIpc) is 3.15. The van der Waals surface area contributed by atoms with E-state index in [-0.39, 0.29) is 0 Å². The number of hydrogen-bond acceptors (Lipinski definition) is 3. The summed E-state index contributed by atoms with van der Waals surface area (Å²) in [6.45, 7) is 0. The van der Waals surface area contributed by atoms with Gasteiger partial charge in [-0.2, -0.15) is 10.5 Å². The molecule has 0 amide bonds. The molecule has 0 fully saturated rings. The molecule has 0 saturated heterocycles. The molecule has 3 nitrogen and oxygen atoms in total. The van der Waals surface area contributed by atoms with Gasteiger partial charge in [0.25, 0.3) is 0 Å². The van der Waals surface area contributed by atoms with Crippen LogP contribution in [0.25, 0.3) is 55.6 Å². The maximum atomic E-state index is 9.69. The fourth-order valence-electron chi connectivity index (χ4n) is 6.73. The first kappa shape index (κ1) is 27.8. The normalized spacial score (nSPS) is 10.9. The number of hydrogen-bond donors (Lipinski definition) is 0. The van der Waals surface area contributed by atoms with Gasteiger partial charge < -0.3 is 4.90 Å². The van der Waals surface area contributed by atoms with Crippen molar-refractivity contribution in [1.29, 1.82) is 10.5 Å². The molecule has 0 saturated carbocycles. The maximum Gasteiger partial charge on any atom is 0.101 e. The van der Waals surface area contributed by atoms with Gasteiger partial charge in [-0.1, -0.05) is 109 Å². The lowest BCUT2D eigenvalue weighted by Crippen LogP contribution is -2.10. The van der Waals surface area contributed by atoms with E-state index in [9.17, 15) is 10.5 Å². The standard InChI is InChI=1S/C44H27N3/c45-28-32-20-19-30(25-33(32)29-46)31-21-23-41-38-16-8-10-18-40(38)44-27-36(22-24-42(44)37-15-7-9-17-39(37)43(41)26-31)47(34-11-3-1-4-12-34)35-13-5-2-6-14-35/h1-27H. The van der Waals surface area contributed by atoms with E-state index in [1.807, 2.05) is 24.3 Å². The number of rotatable bonds is 4. The molecule has 0 aromatic heterocycles. The second-order valence-corrected chi connectivity index (χ2v) is 11.6. The van der Waals surface area contributed by atoms with Gasteiger partial charge in [0, 0.05) is 17.1 Å². The highest BCUT2D eigenvalue weighted by Crippen LogP contribution is 2.50. The Labute approximate surface area is 274 Å². The fourth-order valence-corrected chi connectivity index (χ4v) is 6.73. The molecular weight excluding hydrogens is 571 g/mol. The minimum Gasteiger partial charge on any atom is -0.310 e. The third-order valence-electron chi connectivity index (χ3n) is 8.92. The van der Waals surface area contributed by atoms with E-state index < -0.39 is 0 Å². The van der Waals surface area contributed by atoms with Gasteiger partial charge in [-0.05, 0) is 110 Å². The maximum absolute atomic E-state index is 9.69. The molecule has 7 aromatic carbocycles. The molecule has 47 heavy (non-hydrogen) atoms. The monoisotopic (exact) mass is 597 g/mol. The van der Waals surface area contributed by atoms with Crippen molar-refractivity contribution in [3.8, 4) is 67.8 Å². The van der Waals surface area contributed by atoms with Crippen molar-refractivity contribution in [2.24, 2.45) is 0 Å². The zero-order valence-corrected chi connectivity index (χ0v) is 25.4. The fraction of sp³-hybridized carbons (Fsp3) is 0. The van der Waals surface area contributed by atoms with Crippen molar-refractivity contribution >= 4 is 17.1 Å². The number of fused-ring (bicyclic) bond motifs is 8. The van der Waals surface area contributed by atoms with Crippen molar-refractivity contribution < 1.29 is 0 Å². The predicted molar refractivity (Wildman–Crippen MR) is 191 cm³/mol. The lowest BCUT2D eigenvalue weighted by Gasteiger charge is -2.28. The molecule has 0 atom stereocenters. The SMILES string of the molecule is N#Cc1ccc(-c2ccc3c(c2)-c2ccccc2-c2ccc(N(c4ccccc4)c4ccccc4)cc2-c2ccccc2-3)cc1C#N. The van der Waals surface area contributed by atoms with Crippen LogP contribution in [-0.4, -0.2) is 0 Å². The number of nitrogens with zero attached hydrogens (tertiary/aromatic N) is 3. The van der Waals surface area contributed by atoms with Crippen LogP contribution in [0.5, 0.6) is 0 Å². The van der Waals surface area contributed by atoms with Crippen LogP contribution in [0.1, 0.15) is 11.1 Å². The van der Waals surface area contributed by atoms with Gasteiger partial charge in [0.15, 0.2) is 0 Å². The average molecular weight is 598 g/mol. The number of anilines is 3. The summed E-state index contributed by atoms with van der Waals surface area (Å²) in [5.74, 6) is 0. The van der Waals surface area contributed by atoms with Crippen LogP contribution in [-0.2, 0) is 0 Å². The van der Waals surface area contributed by atoms with Crippen molar-refractivity contribution in [3.05, 3.63) is 175 Å². The summed E-state index contributed by atoms with van der Waals surface area (Å²) in [4.78, 5) is 2.31. The van der Waals surface area contributed by atoms with Crippen molar-refractivity contribution in [1.82, 2.24) is 0 Å². The van der Waals surface area contributed by atoms with Gasteiger partial charge in [-0.25, -0.2) is 0 Å². The Morgan fingerprint density at radius 2 is 0.745 bits per heavy atom. The molecule has 3 heteroatoms. The zero-order chi connectivity index (χ0) is 31.7. The van der Waals surface area contributed by atoms with Crippen molar-refractivity contribution in [3.63, 3.8) is 0 Å². The van der Waals surface area contributed by atoms with Crippen molar-refractivity contribution in [2.45, 2.75) is 0 Å². The number of nitriles is 2. The minimum absolute atomic E-state index is 0.382. The van der Waals surface area contributed by atoms with Crippen LogP contribution < -0.4 is 4.90 Å². The Kier molecular flexibility index (Phi) is 6.92. The van der Waals surface area contributed by atoms with Gasteiger partial charge in [0.05, 0.1) is 11.1 Å². The summed E-state index contributed by atoms with van der Waals surface area (Å²) < 4.78 is 0. The Morgan fingerprint density at radius 3 is 1.30 bits per heavy atom. The molecule has 7 aromatic rings. The molecule has 0 spiro atoms. The van der Waals surface area contributed by atoms with E-state index in [1.54, 1.807) is 6.07 Å². The molecule has 1 aliphatic carbocycles. The molecule has 0 heterocycles. The molecule has 0 bridgehead atoms. The molecule has 0 N–H and O–H groups in total. The number of para-hydroxylation sites is 2. The minimum atomic E-state index is 0.382. The summed E-state index contributed by atoms with van der Waals surface area (Å²) in [7, 11) is 0. The summed E-state index contributed by atoms with van der Waals surface area (Å²) in [5.41, 5.74) is 15.2. The van der Waals surface area contributed by atoms with Crippen LogP contribution >= 0.6 is 0 Å². The van der Waals surface area contributed by atoms with E-state index in [1.165, 1.54) is 16.7 Å². The largest absolute Gasteiger partial charge is 0.310 e. The van der Waals surface area contributed by atoms with E-state index in [2.05, 4.69) is 150 Å². The van der Waals surface area contributed by atoms with Gasteiger partial charge >= 0.3 is 0 Å². The van der Waals surface area contributed by atoms with Gasteiger partial charge in [-0.3, -0.25) is 0 Å². The lowest BCUT2D eigenvalue weighted by molar-refractivity contribution is 1.28. The summed E-state index contributed by atoms with van der Waals surface area (Å²) in [6, 6.07) is 61.4. The highest BCUT2D eigenvalue weighted by atomic mass is 15.1. The van der Waals surface area contributed by atoms with Crippen molar-refractivity contribution in [2.75, 3.05) is 4.90 Å². The molecule has 218 valence electrons. The van der Waals surface area contributed by atoms with Crippen LogP contribution in [0.4, 0.5) is 17.1 Å². The molecular formula is C44H27N3. The summed E-state index contributed by atoms with van der Waals surface area (Å²) in [6.07, 6.45) is 0. The van der Waals surface area contributed by atoms with Crippen LogP contribution in [0.3, 0.4) is 0 Å². The highest BCUT2D eigenvalue weighted by Gasteiger charge is 2.24. The second kappa shape index (κ2) is 11.7. The number of benzene rings is 7.